The second kappa shape index (κ2) is 8.16. The molecule has 1 atom stereocenters. The highest BCUT2D eigenvalue weighted by Gasteiger charge is 2.44. The number of aromatic nitrogens is 1. The van der Waals surface area contributed by atoms with Crippen molar-refractivity contribution in [1.29, 1.82) is 0 Å². The molecule has 29 heavy (non-hydrogen) atoms. The number of ether oxygens (including phenoxy) is 1. The standard InChI is InChI=1S/C21H22N2O5S/c1-5-10-23-17(14-6-8-15(9-7-14)28-13(4)24)16(19(26)21(23)27)18(25)20-11(2)22-12(3)29-20/h6-9,17,26H,5,10H2,1-4H3. The van der Waals surface area contributed by atoms with Crippen molar-refractivity contribution in [1.82, 2.24) is 9.88 Å². The van der Waals surface area contributed by atoms with Gasteiger partial charge in [-0.05, 0) is 38.0 Å². The van der Waals surface area contributed by atoms with Gasteiger partial charge in [0.15, 0.2) is 5.76 Å². The van der Waals surface area contributed by atoms with Gasteiger partial charge in [0.2, 0.25) is 5.78 Å². The first-order valence-electron chi connectivity index (χ1n) is 9.25. The molecule has 152 valence electrons. The van der Waals surface area contributed by atoms with Gasteiger partial charge in [0.1, 0.15) is 5.75 Å². The Kier molecular flexibility index (Phi) is 5.83. The number of carbonyl (C=O) groups excluding carboxylic acids is 3. The van der Waals surface area contributed by atoms with Crippen LogP contribution in [0.15, 0.2) is 35.6 Å². The maximum Gasteiger partial charge on any atom is 0.308 e. The molecular formula is C21H22N2O5S. The first-order chi connectivity index (χ1) is 13.7. The molecule has 1 unspecified atom stereocenters. The fraction of sp³-hybridized carbons (Fsp3) is 0.333. The minimum absolute atomic E-state index is 0.0513. The van der Waals surface area contributed by atoms with Crippen LogP contribution in [0.4, 0.5) is 0 Å². The van der Waals surface area contributed by atoms with E-state index >= 15 is 0 Å². The van der Waals surface area contributed by atoms with E-state index in [1.807, 2.05) is 6.92 Å². The van der Waals surface area contributed by atoms with E-state index in [9.17, 15) is 19.5 Å². The van der Waals surface area contributed by atoms with Gasteiger partial charge in [-0.2, -0.15) is 0 Å². The Bertz CT molecular complexity index is 1010. The van der Waals surface area contributed by atoms with Gasteiger partial charge in [-0.3, -0.25) is 14.4 Å². The lowest BCUT2D eigenvalue weighted by Gasteiger charge is -2.26. The molecule has 1 aliphatic rings. The number of nitrogens with zero attached hydrogens (tertiary/aromatic N) is 2. The van der Waals surface area contributed by atoms with Crippen molar-refractivity contribution in [3.8, 4) is 5.75 Å². The lowest BCUT2D eigenvalue weighted by Crippen LogP contribution is -2.31. The Morgan fingerprint density at radius 1 is 1.24 bits per heavy atom. The van der Waals surface area contributed by atoms with Gasteiger partial charge in [0, 0.05) is 13.5 Å². The number of aliphatic hydroxyl groups is 1. The first-order valence-corrected chi connectivity index (χ1v) is 10.1. The van der Waals surface area contributed by atoms with E-state index in [1.165, 1.54) is 23.2 Å². The fourth-order valence-electron chi connectivity index (χ4n) is 3.45. The number of aryl methyl sites for hydroxylation is 2. The number of hydrogen-bond donors (Lipinski definition) is 1. The zero-order valence-electron chi connectivity index (χ0n) is 16.7. The summed E-state index contributed by atoms with van der Waals surface area (Å²) in [6.07, 6.45) is 0.668. The summed E-state index contributed by atoms with van der Waals surface area (Å²) in [4.78, 5) is 43.3. The molecule has 1 amide bonds. The second-order valence-corrected chi connectivity index (χ2v) is 8.01. The summed E-state index contributed by atoms with van der Waals surface area (Å²) in [6.45, 7) is 7.15. The van der Waals surface area contributed by atoms with Gasteiger partial charge in [0.05, 0.1) is 27.2 Å². The van der Waals surface area contributed by atoms with Crippen LogP contribution in [0.1, 0.15) is 52.2 Å². The molecule has 8 heteroatoms. The number of ketones is 1. The van der Waals surface area contributed by atoms with Gasteiger partial charge in [-0.25, -0.2) is 4.98 Å². The zero-order chi connectivity index (χ0) is 21.3. The molecule has 0 saturated heterocycles. The van der Waals surface area contributed by atoms with Crippen LogP contribution in [0.5, 0.6) is 5.75 Å². The van der Waals surface area contributed by atoms with Crippen LogP contribution in [-0.2, 0) is 9.59 Å². The maximum absolute atomic E-state index is 13.3. The van der Waals surface area contributed by atoms with Crippen LogP contribution < -0.4 is 4.74 Å². The van der Waals surface area contributed by atoms with E-state index in [4.69, 9.17) is 4.74 Å². The van der Waals surface area contributed by atoms with Gasteiger partial charge >= 0.3 is 5.97 Å². The number of hydrogen-bond acceptors (Lipinski definition) is 7. The average molecular weight is 414 g/mol. The Hall–Kier alpha value is -3.00. The van der Waals surface area contributed by atoms with E-state index in [2.05, 4.69) is 4.98 Å². The van der Waals surface area contributed by atoms with Crippen LogP contribution in [0.2, 0.25) is 0 Å². The monoisotopic (exact) mass is 414 g/mol. The molecule has 0 spiro atoms. The summed E-state index contributed by atoms with van der Waals surface area (Å²) in [6, 6.07) is 5.86. The van der Waals surface area contributed by atoms with E-state index in [0.717, 1.165) is 5.01 Å². The summed E-state index contributed by atoms with van der Waals surface area (Å²) in [7, 11) is 0. The smallest absolute Gasteiger partial charge is 0.308 e. The van der Waals surface area contributed by atoms with Gasteiger partial charge in [-0.1, -0.05) is 19.1 Å². The van der Waals surface area contributed by atoms with Gasteiger partial charge in [-0.15, -0.1) is 11.3 Å². The maximum atomic E-state index is 13.3. The number of amides is 1. The lowest BCUT2D eigenvalue weighted by molar-refractivity contribution is -0.132. The zero-order valence-corrected chi connectivity index (χ0v) is 17.5. The molecule has 0 radical (unpaired) electrons. The van der Waals surface area contributed by atoms with Crippen molar-refractivity contribution < 1.29 is 24.2 Å². The van der Waals surface area contributed by atoms with Crippen molar-refractivity contribution in [2.75, 3.05) is 6.54 Å². The van der Waals surface area contributed by atoms with E-state index in [1.54, 1.807) is 38.1 Å². The van der Waals surface area contributed by atoms with E-state index < -0.39 is 29.5 Å². The summed E-state index contributed by atoms with van der Waals surface area (Å²) in [5.74, 6) is -1.56. The molecule has 1 N–H and O–H groups in total. The molecule has 0 bridgehead atoms. The molecule has 2 heterocycles. The van der Waals surface area contributed by atoms with Crippen LogP contribution in [0, 0.1) is 13.8 Å². The molecule has 2 aromatic rings. The average Bonchev–Trinajstić information content (AvgIpc) is 3.12. The molecular weight excluding hydrogens is 392 g/mol. The highest BCUT2D eigenvalue weighted by Crippen LogP contribution is 2.40. The van der Waals surface area contributed by atoms with Crippen LogP contribution in [0.25, 0.3) is 0 Å². The summed E-state index contributed by atoms with van der Waals surface area (Å²) < 4.78 is 5.06. The Balaban J connectivity index is 2.06. The number of carbonyl (C=O) groups is 3. The van der Waals surface area contributed by atoms with Gasteiger partial charge in [0.25, 0.3) is 5.91 Å². The Morgan fingerprint density at radius 2 is 1.90 bits per heavy atom. The predicted octanol–water partition coefficient (Wildman–Crippen LogP) is 3.67. The van der Waals surface area contributed by atoms with E-state index in [0.29, 0.717) is 34.8 Å². The third kappa shape index (κ3) is 3.93. The number of esters is 1. The number of rotatable bonds is 6. The second-order valence-electron chi connectivity index (χ2n) is 6.80. The molecule has 7 nitrogen and oxygen atoms in total. The predicted molar refractivity (Wildman–Crippen MR) is 108 cm³/mol. The summed E-state index contributed by atoms with van der Waals surface area (Å²) in [5.41, 5.74) is 1.27. The SMILES string of the molecule is CCCN1C(=O)C(O)=C(C(=O)c2sc(C)nc2C)C1c1ccc(OC(C)=O)cc1. The molecule has 1 aliphatic heterocycles. The number of thiazole rings is 1. The molecule has 1 aromatic carbocycles. The minimum Gasteiger partial charge on any atom is -0.503 e. The third-order valence-corrected chi connectivity index (χ3v) is 5.65. The van der Waals surface area contributed by atoms with Crippen LogP contribution in [0.3, 0.4) is 0 Å². The highest BCUT2D eigenvalue weighted by molar-refractivity contribution is 7.14. The largest absolute Gasteiger partial charge is 0.503 e. The van der Waals surface area contributed by atoms with E-state index in [-0.39, 0.29) is 5.57 Å². The first kappa shape index (κ1) is 20.7. The summed E-state index contributed by atoms with van der Waals surface area (Å²) in [5, 5.41) is 11.3. The van der Waals surface area contributed by atoms with Crippen LogP contribution in [-0.4, -0.2) is 39.2 Å². The Labute approximate surface area is 172 Å². The van der Waals surface area contributed by atoms with Crippen molar-refractivity contribution in [3.05, 3.63) is 56.7 Å². The van der Waals surface area contributed by atoms with Crippen molar-refractivity contribution >= 4 is 29.0 Å². The Morgan fingerprint density at radius 3 is 2.41 bits per heavy atom. The van der Waals surface area contributed by atoms with Gasteiger partial charge < -0.3 is 14.7 Å². The number of benzene rings is 1. The minimum atomic E-state index is -0.719. The highest BCUT2D eigenvalue weighted by atomic mass is 32.1. The quantitative estimate of drug-likeness (QED) is 0.440. The van der Waals surface area contributed by atoms with Crippen molar-refractivity contribution in [2.45, 2.75) is 40.2 Å². The normalized spacial score (nSPS) is 16.5. The van der Waals surface area contributed by atoms with Crippen LogP contribution >= 0.6 is 11.3 Å². The number of Topliss-reactive ketones (excluding diaryl/α,β-unsaturated/α-hetero) is 1. The molecule has 0 aliphatic carbocycles. The lowest BCUT2D eigenvalue weighted by atomic mass is 9.95. The number of aliphatic hydroxyl groups excluding tert-OH is 1. The molecule has 3 rings (SSSR count). The third-order valence-electron chi connectivity index (χ3n) is 4.58. The molecule has 0 saturated carbocycles. The topological polar surface area (TPSA) is 96.8 Å². The van der Waals surface area contributed by atoms with Crippen molar-refractivity contribution in [3.63, 3.8) is 0 Å². The molecule has 0 fully saturated rings. The summed E-state index contributed by atoms with van der Waals surface area (Å²) >= 11 is 1.24. The van der Waals surface area contributed by atoms with Crippen molar-refractivity contribution in [2.24, 2.45) is 0 Å². The fourth-order valence-corrected chi connectivity index (χ4v) is 4.33. The molecule has 1 aromatic heterocycles.